The second kappa shape index (κ2) is 5.43. The van der Waals surface area contributed by atoms with Crippen LogP contribution in [0.4, 0.5) is 0 Å². The molecule has 0 bridgehead atoms. The second-order valence-corrected chi connectivity index (χ2v) is 7.38. The van der Waals surface area contributed by atoms with Crippen molar-refractivity contribution in [2.45, 2.75) is 45.1 Å². The Labute approximate surface area is 129 Å². The third kappa shape index (κ3) is 2.83. The Morgan fingerprint density at radius 2 is 2.14 bits per heavy atom. The fourth-order valence-electron chi connectivity index (χ4n) is 2.55. The Balaban J connectivity index is 1.95. The highest BCUT2D eigenvalue weighted by Gasteiger charge is 2.25. The number of hydrogen-bond acceptors (Lipinski definition) is 4. The monoisotopic (exact) mass is 303 g/mol. The van der Waals surface area contributed by atoms with Crippen LogP contribution in [0, 0.1) is 0 Å². The van der Waals surface area contributed by atoms with Crippen LogP contribution in [0.5, 0.6) is 5.75 Å². The van der Waals surface area contributed by atoms with Crippen LogP contribution < -0.4 is 4.74 Å². The lowest BCUT2D eigenvalue weighted by molar-refractivity contribution is 0.203. The van der Waals surface area contributed by atoms with E-state index < -0.39 is 6.10 Å². The molecule has 0 saturated carbocycles. The van der Waals surface area contributed by atoms with Gasteiger partial charge in [-0.25, -0.2) is 4.98 Å². The molecule has 0 amide bonds. The smallest absolute Gasteiger partial charge is 0.128 e. The maximum absolute atomic E-state index is 10.7. The van der Waals surface area contributed by atoms with Crippen molar-refractivity contribution < 1.29 is 9.84 Å². The van der Waals surface area contributed by atoms with Crippen molar-refractivity contribution in [2.75, 3.05) is 6.61 Å². The van der Waals surface area contributed by atoms with Gasteiger partial charge in [0.15, 0.2) is 0 Å². The number of hydrogen-bond donors (Lipinski definition) is 1. The Bertz CT molecular complexity index is 642. The third-order valence-corrected chi connectivity index (χ3v) is 4.99. The standard InChI is InChI=1S/C17H21NO2S/c1-17(2,3)16-18-13(10-21-16)14(19)12-8-4-6-11-7-5-9-20-15(11)12/h4,6,8,10,14,19H,5,7,9H2,1-3H3. The molecule has 4 heteroatoms. The van der Waals surface area contributed by atoms with Crippen molar-refractivity contribution in [2.24, 2.45) is 0 Å². The minimum atomic E-state index is -0.717. The molecule has 1 aliphatic rings. The predicted molar refractivity (Wildman–Crippen MR) is 85.1 cm³/mol. The van der Waals surface area contributed by atoms with Crippen molar-refractivity contribution >= 4 is 11.3 Å². The molecule has 112 valence electrons. The first-order valence-corrected chi connectivity index (χ1v) is 8.23. The van der Waals surface area contributed by atoms with Crippen LogP contribution in [0.3, 0.4) is 0 Å². The van der Waals surface area contributed by atoms with Gasteiger partial charge in [0.1, 0.15) is 11.9 Å². The quantitative estimate of drug-likeness (QED) is 0.916. The molecule has 2 aromatic rings. The first-order valence-electron chi connectivity index (χ1n) is 7.35. The maximum atomic E-state index is 10.7. The van der Waals surface area contributed by atoms with Crippen molar-refractivity contribution in [3.05, 3.63) is 45.4 Å². The topological polar surface area (TPSA) is 42.4 Å². The number of fused-ring (bicyclic) bond motifs is 1. The molecular formula is C17H21NO2S. The minimum absolute atomic E-state index is 0.00918. The van der Waals surface area contributed by atoms with E-state index in [2.05, 4.69) is 31.8 Å². The lowest BCUT2D eigenvalue weighted by Crippen LogP contribution is -2.14. The second-order valence-electron chi connectivity index (χ2n) is 6.52. The number of aryl methyl sites for hydroxylation is 1. The summed E-state index contributed by atoms with van der Waals surface area (Å²) in [7, 11) is 0. The van der Waals surface area contributed by atoms with Gasteiger partial charge in [0, 0.05) is 16.4 Å². The van der Waals surface area contributed by atoms with Gasteiger partial charge in [-0.2, -0.15) is 0 Å². The number of ether oxygens (including phenoxy) is 1. The maximum Gasteiger partial charge on any atom is 0.128 e. The summed E-state index contributed by atoms with van der Waals surface area (Å²) in [5.74, 6) is 0.849. The van der Waals surface area contributed by atoms with Crippen LogP contribution in [-0.2, 0) is 11.8 Å². The summed E-state index contributed by atoms with van der Waals surface area (Å²) in [6, 6.07) is 6.00. The fraction of sp³-hybridized carbons (Fsp3) is 0.471. The van der Waals surface area contributed by atoms with Crippen molar-refractivity contribution in [1.82, 2.24) is 4.98 Å². The molecule has 1 unspecified atom stereocenters. The van der Waals surface area contributed by atoms with Crippen LogP contribution >= 0.6 is 11.3 Å². The van der Waals surface area contributed by atoms with Crippen LogP contribution in [0.25, 0.3) is 0 Å². The molecule has 3 rings (SSSR count). The van der Waals surface area contributed by atoms with E-state index in [0.29, 0.717) is 5.69 Å². The van der Waals surface area contributed by atoms with Gasteiger partial charge in [-0.3, -0.25) is 0 Å². The molecular weight excluding hydrogens is 282 g/mol. The lowest BCUT2D eigenvalue weighted by atomic mass is 9.97. The van der Waals surface area contributed by atoms with Gasteiger partial charge in [-0.05, 0) is 18.4 Å². The van der Waals surface area contributed by atoms with Gasteiger partial charge >= 0.3 is 0 Å². The van der Waals surface area contributed by atoms with E-state index in [-0.39, 0.29) is 5.41 Å². The molecule has 2 heterocycles. The molecule has 3 nitrogen and oxygen atoms in total. The van der Waals surface area contributed by atoms with Gasteiger partial charge in [0.25, 0.3) is 0 Å². The number of para-hydroxylation sites is 1. The average molecular weight is 303 g/mol. The predicted octanol–water partition coefficient (Wildman–Crippen LogP) is 3.85. The summed E-state index contributed by atoms with van der Waals surface area (Å²) in [6.45, 7) is 7.13. The number of aromatic nitrogens is 1. The van der Waals surface area contributed by atoms with E-state index in [0.717, 1.165) is 35.8 Å². The SMILES string of the molecule is CC(C)(C)c1nc(C(O)c2cccc3c2OCCC3)cs1. The number of aliphatic hydroxyl groups is 1. The molecule has 0 radical (unpaired) electrons. The molecule has 1 N–H and O–H groups in total. The number of nitrogens with zero attached hydrogens (tertiary/aromatic N) is 1. The fourth-order valence-corrected chi connectivity index (χ4v) is 3.47. The number of aliphatic hydroxyl groups excluding tert-OH is 1. The van der Waals surface area contributed by atoms with Crippen molar-refractivity contribution in [3.8, 4) is 5.75 Å². The van der Waals surface area contributed by atoms with E-state index in [1.54, 1.807) is 11.3 Å². The number of rotatable bonds is 2. The zero-order valence-corrected chi connectivity index (χ0v) is 13.5. The summed E-state index contributed by atoms with van der Waals surface area (Å²) in [5.41, 5.74) is 2.74. The summed E-state index contributed by atoms with van der Waals surface area (Å²) >= 11 is 1.60. The molecule has 1 aliphatic heterocycles. The highest BCUT2D eigenvalue weighted by Crippen LogP contribution is 2.37. The van der Waals surface area contributed by atoms with Crippen molar-refractivity contribution in [1.29, 1.82) is 0 Å². The largest absolute Gasteiger partial charge is 0.493 e. The van der Waals surface area contributed by atoms with E-state index in [9.17, 15) is 5.11 Å². The Kier molecular flexibility index (Phi) is 3.76. The molecule has 0 saturated heterocycles. The molecule has 21 heavy (non-hydrogen) atoms. The first kappa shape index (κ1) is 14.5. The van der Waals surface area contributed by atoms with E-state index in [1.807, 2.05) is 17.5 Å². The molecule has 0 spiro atoms. The molecule has 0 aliphatic carbocycles. The van der Waals surface area contributed by atoms with Gasteiger partial charge < -0.3 is 9.84 Å². The minimum Gasteiger partial charge on any atom is -0.493 e. The van der Waals surface area contributed by atoms with E-state index >= 15 is 0 Å². The van der Waals surface area contributed by atoms with E-state index in [1.165, 1.54) is 5.56 Å². The highest BCUT2D eigenvalue weighted by atomic mass is 32.1. The summed E-state index contributed by atoms with van der Waals surface area (Å²) < 4.78 is 5.79. The lowest BCUT2D eigenvalue weighted by Gasteiger charge is -2.22. The normalized spacial score (nSPS) is 16.2. The van der Waals surface area contributed by atoms with E-state index in [4.69, 9.17) is 4.74 Å². The average Bonchev–Trinajstić information content (AvgIpc) is 2.96. The van der Waals surface area contributed by atoms with Crippen LogP contribution in [0.2, 0.25) is 0 Å². The first-order chi connectivity index (χ1) is 9.97. The molecule has 1 aromatic carbocycles. The summed E-state index contributed by atoms with van der Waals surface area (Å²) in [4.78, 5) is 4.62. The van der Waals surface area contributed by atoms with Gasteiger partial charge in [-0.15, -0.1) is 11.3 Å². The number of thiazole rings is 1. The molecule has 1 aromatic heterocycles. The zero-order valence-electron chi connectivity index (χ0n) is 12.7. The van der Waals surface area contributed by atoms with Crippen LogP contribution in [0.15, 0.2) is 23.6 Å². The van der Waals surface area contributed by atoms with Gasteiger partial charge in [-0.1, -0.05) is 39.0 Å². The van der Waals surface area contributed by atoms with Crippen molar-refractivity contribution in [3.63, 3.8) is 0 Å². The molecule has 1 atom stereocenters. The Morgan fingerprint density at radius 3 is 2.86 bits per heavy atom. The zero-order chi connectivity index (χ0) is 15.0. The van der Waals surface area contributed by atoms with Crippen LogP contribution in [-0.4, -0.2) is 16.7 Å². The van der Waals surface area contributed by atoms with Gasteiger partial charge in [0.2, 0.25) is 0 Å². The number of benzene rings is 1. The van der Waals surface area contributed by atoms with Crippen LogP contribution in [0.1, 0.15) is 55.1 Å². The Morgan fingerprint density at radius 1 is 1.33 bits per heavy atom. The summed E-state index contributed by atoms with van der Waals surface area (Å²) in [5, 5.41) is 13.7. The summed E-state index contributed by atoms with van der Waals surface area (Å²) in [6.07, 6.45) is 1.34. The van der Waals surface area contributed by atoms with Gasteiger partial charge in [0.05, 0.1) is 17.3 Å². The third-order valence-electron chi connectivity index (χ3n) is 3.70. The Hall–Kier alpha value is -1.39. The highest BCUT2D eigenvalue weighted by molar-refractivity contribution is 7.09. The molecule has 0 fully saturated rings.